The first-order chi connectivity index (χ1) is 12.2. The fraction of sp³-hybridized carbons (Fsp3) is 0.818. The Kier molecular flexibility index (Phi) is 13.3. The first kappa shape index (κ1) is 21.9. The van der Waals surface area contributed by atoms with Crippen LogP contribution >= 0.6 is 0 Å². The van der Waals surface area contributed by atoms with Gasteiger partial charge in [-0.25, -0.2) is 0 Å². The molecule has 1 aliphatic heterocycles. The van der Waals surface area contributed by atoms with Crippen LogP contribution in [-0.4, -0.2) is 11.9 Å². The molecule has 1 atom stereocenters. The molecule has 1 heterocycles. The van der Waals surface area contributed by atoms with E-state index in [0.29, 0.717) is 0 Å². The average Bonchev–Trinajstić information content (AvgIpc) is 2.92. The third-order valence-corrected chi connectivity index (χ3v) is 5.00. The Morgan fingerprint density at radius 2 is 1.28 bits per heavy atom. The number of carbonyl (C=O) groups is 2. The van der Waals surface area contributed by atoms with Crippen LogP contribution in [0.4, 0.5) is 0 Å². The summed E-state index contributed by atoms with van der Waals surface area (Å²) >= 11 is 0. The van der Waals surface area contributed by atoms with E-state index < -0.39 is 5.97 Å². The Labute approximate surface area is 154 Å². The summed E-state index contributed by atoms with van der Waals surface area (Å²) in [5.74, 6) is -1.11. The van der Waals surface area contributed by atoms with E-state index in [2.05, 4.69) is 11.7 Å². The lowest BCUT2D eigenvalue weighted by atomic mass is 10.0. The van der Waals surface area contributed by atoms with E-state index in [1.165, 1.54) is 89.9 Å². The molecule has 0 N–H and O–H groups in total. The van der Waals surface area contributed by atoms with Crippen molar-refractivity contribution in [2.45, 2.75) is 110 Å². The van der Waals surface area contributed by atoms with E-state index >= 15 is 0 Å². The van der Waals surface area contributed by atoms with E-state index in [0.717, 1.165) is 6.42 Å². The lowest BCUT2D eigenvalue weighted by Crippen LogP contribution is -2.03. The molecule has 0 aromatic heterocycles. The molecular weight excluding hydrogens is 312 g/mol. The Balaban J connectivity index is 1.77. The molecule has 1 rings (SSSR count). The molecule has 1 unspecified atom stereocenters. The maximum atomic E-state index is 11.3. The van der Waals surface area contributed by atoms with Crippen LogP contribution < -0.4 is 0 Å². The van der Waals surface area contributed by atoms with Crippen molar-refractivity contribution in [2.75, 3.05) is 0 Å². The van der Waals surface area contributed by atoms with Gasteiger partial charge in [-0.15, -0.1) is 0 Å². The van der Waals surface area contributed by atoms with E-state index in [1.807, 2.05) is 12.2 Å². The molecule has 0 saturated carbocycles. The monoisotopic (exact) mass is 350 g/mol. The van der Waals surface area contributed by atoms with Crippen LogP contribution in [0.1, 0.15) is 110 Å². The lowest BCUT2D eigenvalue weighted by Gasteiger charge is -2.03. The number of allylic oxidation sites excluding steroid dienone is 1. The molecule has 144 valence electrons. The third kappa shape index (κ3) is 12.0. The average molecular weight is 351 g/mol. The highest BCUT2D eigenvalue weighted by Crippen LogP contribution is 2.18. The van der Waals surface area contributed by atoms with Crippen molar-refractivity contribution < 1.29 is 14.3 Å². The predicted molar refractivity (Wildman–Crippen MR) is 103 cm³/mol. The number of cyclic esters (lactones) is 2. The molecule has 0 aromatic carbocycles. The minimum Gasteiger partial charge on any atom is -0.393 e. The van der Waals surface area contributed by atoms with Gasteiger partial charge in [0.25, 0.3) is 0 Å². The first-order valence-electron chi connectivity index (χ1n) is 10.6. The van der Waals surface area contributed by atoms with Crippen LogP contribution in [0.15, 0.2) is 12.2 Å². The minimum atomic E-state index is -0.392. The van der Waals surface area contributed by atoms with Crippen LogP contribution in [-0.2, 0) is 14.3 Å². The van der Waals surface area contributed by atoms with Crippen LogP contribution in [0, 0.1) is 5.92 Å². The molecule has 1 saturated heterocycles. The van der Waals surface area contributed by atoms with E-state index in [9.17, 15) is 9.59 Å². The maximum Gasteiger partial charge on any atom is 0.321 e. The molecule has 1 aliphatic rings. The fourth-order valence-corrected chi connectivity index (χ4v) is 3.36. The molecule has 25 heavy (non-hydrogen) atoms. The predicted octanol–water partition coefficient (Wildman–Crippen LogP) is 6.50. The van der Waals surface area contributed by atoms with Gasteiger partial charge in [0.2, 0.25) is 0 Å². The van der Waals surface area contributed by atoms with Gasteiger partial charge in [-0.3, -0.25) is 9.59 Å². The van der Waals surface area contributed by atoms with Crippen molar-refractivity contribution >= 4 is 11.9 Å². The molecule has 0 radical (unpaired) electrons. The van der Waals surface area contributed by atoms with Gasteiger partial charge in [-0.1, -0.05) is 103 Å². The van der Waals surface area contributed by atoms with Crippen molar-refractivity contribution in [1.29, 1.82) is 0 Å². The Bertz CT molecular complexity index is 387. The van der Waals surface area contributed by atoms with E-state index in [4.69, 9.17) is 0 Å². The van der Waals surface area contributed by atoms with Gasteiger partial charge in [0.1, 0.15) is 0 Å². The van der Waals surface area contributed by atoms with Crippen LogP contribution in [0.5, 0.6) is 0 Å². The molecule has 0 aliphatic carbocycles. The van der Waals surface area contributed by atoms with Crippen molar-refractivity contribution in [2.24, 2.45) is 5.92 Å². The smallest absolute Gasteiger partial charge is 0.321 e. The number of hydrogen-bond donors (Lipinski definition) is 0. The molecule has 3 nitrogen and oxygen atoms in total. The van der Waals surface area contributed by atoms with Gasteiger partial charge in [0, 0.05) is 0 Å². The van der Waals surface area contributed by atoms with Crippen LogP contribution in [0.2, 0.25) is 0 Å². The standard InChI is InChI=1S/C22H38O3/c1-2-3-4-5-6-7-8-9-10-11-12-13-14-15-16-17-18-20-19-21(23)25-22(20)24/h17-18,20H,2-16,19H2,1H3/b18-17-. The van der Waals surface area contributed by atoms with E-state index in [1.54, 1.807) is 0 Å². The van der Waals surface area contributed by atoms with Gasteiger partial charge >= 0.3 is 11.9 Å². The first-order valence-corrected chi connectivity index (χ1v) is 10.6. The van der Waals surface area contributed by atoms with Gasteiger partial charge < -0.3 is 4.74 Å². The maximum absolute atomic E-state index is 11.3. The highest BCUT2D eigenvalue weighted by atomic mass is 16.6. The topological polar surface area (TPSA) is 43.4 Å². The Hall–Kier alpha value is -1.12. The minimum absolute atomic E-state index is 0.216. The zero-order valence-corrected chi connectivity index (χ0v) is 16.3. The van der Waals surface area contributed by atoms with E-state index in [-0.39, 0.29) is 18.3 Å². The summed E-state index contributed by atoms with van der Waals surface area (Å²) in [6.45, 7) is 2.27. The Morgan fingerprint density at radius 1 is 0.800 bits per heavy atom. The van der Waals surface area contributed by atoms with Crippen LogP contribution in [0.3, 0.4) is 0 Å². The summed E-state index contributed by atoms with van der Waals surface area (Å²) < 4.78 is 4.52. The summed E-state index contributed by atoms with van der Waals surface area (Å²) in [7, 11) is 0. The summed E-state index contributed by atoms with van der Waals surface area (Å²) in [5, 5.41) is 0. The summed E-state index contributed by atoms with van der Waals surface area (Å²) in [5.41, 5.74) is 0. The second-order valence-corrected chi connectivity index (χ2v) is 7.42. The highest BCUT2D eigenvalue weighted by molar-refractivity contribution is 5.95. The zero-order chi connectivity index (χ0) is 18.2. The summed E-state index contributed by atoms with van der Waals surface area (Å²) in [4.78, 5) is 22.2. The number of ether oxygens (including phenoxy) is 1. The second-order valence-electron chi connectivity index (χ2n) is 7.42. The number of unbranched alkanes of at least 4 members (excludes halogenated alkanes) is 14. The summed E-state index contributed by atoms with van der Waals surface area (Å²) in [6, 6.07) is 0. The molecular formula is C22H38O3. The normalized spacial score (nSPS) is 17.6. The highest BCUT2D eigenvalue weighted by Gasteiger charge is 2.30. The van der Waals surface area contributed by atoms with Crippen molar-refractivity contribution in [3.05, 3.63) is 12.2 Å². The Morgan fingerprint density at radius 3 is 1.72 bits per heavy atom. The quantitative estimate of drug-likeness (QED) is 0.138. The number of rotatable bonds is 16. The van der Waals surface area contributed by atoms with Crippen LogP contribution in [0.25, 0.3) is 0 Å². The molecule has 0 spiro atoms. The number of carbonyl (C=O) groups excluding carboxylic acids is 2. The van der Waals surface area contributed by atoms with Gasteiger partial charge in [0.15, 0.2) is 0 Å². The van der Waals surface area contributed by atoms with Crippen molar-refractivity contribution in [3.8, 4) is 0 Å². The largest absolute Gasteiger partial charge is 0.393 e. The third-order valence-electron chi connectivity index (χ3n) is 5.00. The summed E-state index contributed by atoms with van der Waals surface area (Å²) in [6.07, 6.45) is 24.2. The zero-order valence-electron chi connectivity index (χ0n) is 16.3. The molecule has 0 bridgehead atoms. The molecule has 3 heteroatoms. The van der Waals surface area contributed by atoms with Crippen molar-refractivity contribution in [3.63, 3.8) is 0 Å². The lowest BCUT2D eigenvalue weighted by molar-refractivity contribution is -0.152. The SMILES string of the molecule is CCCCCCCCCCCCCCCC/C=C\C1CC(=O)OC1=O. The molecule has 1 fully saturated rings. The second kappa shape index (κ2) is 15.2. The molecule has 0 aromatic rings. The van der Waals surface area contributed by atoms with Crippen molar-refractivity contribution in [1.82, 2.24) is 0 Å². The van der Waals surface area contributed by atoms with Gasteiger partial charge in [-0.05, 0) is 12.8 Å². The number of hydrogen-bond acceptors (Lipinski definition) is 3. The fourth-order valence-electron chi connectivity index (χ4n) is 3.36. The van der Waals surface area contributed by atoms with Gasteiger partial charge in [0.05, 0.1) is 12.3 Å². The molecule has 0 amide bonds. The number of esters is 2. The van der Waals surface area contributed by atoms with Gasteiger partial charge in [-0.2, -0.15) is 0 Å².